The van der Waals surface area contributed by atoms with Gasteiger partial charge in [-0.15, -0.1) is 0 Å². The molecule has 0 aromatic heterocycles. The van der Waals surface area contributed by atoms with Gasteiger partial charge in [0, 0.05) is 0 Å². The summed E-state index contributed by atoms with van der Waals surface area (Å²) in [5.41, 5.74) is -0.120. The summed E-state index contributed by atoms with van der Waals surface area (Å²) in [5, 5.41) is 0. The molecule has 0 N–H and O–H groups in total. The van der Waals surface area contributed by atoms with Crippen LogP contribution in [0.4, 0.5) is 0 Å². The van der Waals surface area contributed by atoms with Crippen molar-refractivity contribution in [2.45, 2.75) is 59.0 Å². The molecule has 0 saturated carbocycles. The summed E-state index contributed by atoms with van der Waals surface area (Å²) in [4.78, 5) is 10.2. The standard InChI is InChI=1S/C10H22O2/c1-5-7-8-9-10(3,4)12-11-6-2/h5-9H2,1-4H3. The minimum atomic E-state index is -0.120. The van der Waals surface area contributed by atoms with E-state index in [1.807, 2.05) is 6.92 Å². The van der Waals surface area contributed by atoms with E-state index in [1.165, 1.54) is 19.3 Å². The Kier molecular flexibility index (Phi) is 6.39. The molecule has 0 aromatic carbocycles. The molecule has 2 heteroatoms. The van der Waals surface area contributed by atoms with Gasteiger partial charge in [0.15, 0.2) is 0 Å². The van der Waals surface area contributed by atoms with Crippen molar-refractivity contribution in [3.8, 4) is 0 Å². The highest BCUT2D eigenvalue weighted by atomic mass is 17.2. The molecule has 0 aliphatic heterocycles. The second-order valence-electron chi connectivity index (χ2n) is 3.71. The lowest BCUT2D eigenvalue weighted by Gasteiger charge is -2.22. The van der Waals surface area contributed by atoms with E-state index in [4.69, 9.17) is 9.78 Å². The molecule has 0 aliphatic carbocycles. The van der Waals surface area contributed by atoms with Crippen LogP contribution in [0.3, 0.4) is 0 Å². The zero-order chi connectivity index (χ0) is 9.45. The first-order chi connectivity index (χ1) is 5.62. The van der Waals surface area contributed by atoms with Gasteiger partial charge in [0.1, 0.15) is 0 Å². The van der Waals surface area contributed by atoms with Gasteiger partial charge in [-0.25, -0.2) is 9.78 Å². The summed E-state index contributed by atoms with van der Waals surface area (Å²) < 4.78 is 0. The van der Waals surface area contributed by atoms with E-state index in [1.54, 1.807) is 0 Å². The van der Waals surface area contributed by atoms with E-state index in [-0.39, 0.29) is 5.60 Å². The van der Waals surface area contributed by atoms with Crippen LogP contribution in [0.15, 0.2) is 0 Å². The minimum absolute atomic E-state index is 0.120. The molecule has 0 atom stereocenters. The third-order valence-corrected chi connectivity index (χ3v) is 1.78. The molecule has 2 nitrogen and oxygen atoms in total. The molecular formula is C10H22O2. The Morgan fingerprint density at radius 1 is 1.08 bits per heavy atom. The minimum Gasteiger partial charge on any atom is -0.236 e. The van der Waals surface area contributed by atoms with Crippen molar-refractivity contribution >= 4 is 0 Å². The van der Waals surface area contributed by atoms with Crippen molar-refractivity contribution in [3.63, 3.8) is 0 Å². The molecule has 0 bridgehead atoms. The lowest BCUT2D eigenvalue weighted by atomic mass is 10.0. The molecule has 0 aromatic rings. The number of hydrogen-bond donors (Lipinski definition) is 0. The van der Waals surface area contributed by atoms with Crippen molar-refractivity contribution in [1.29, 1.82) is 0 Å². The lowest BCUT2D eigenvalue weighted by molar-refractivity contribution is -0.352. The summed E-state index contributed by atoms with van der Waals surface area (Å²) in [6.07, 6.45) is 4.82. The molecule has 0 saturated heterocycles. The molecule has 0 rings (SSSR count). The zero-order valence-electron chi connectivity index (χ0n) is 8.85. The van der Waals surface area contributed by atoms with Crippen LogP contribution < -0.4 is 0 Å². The molecular weight excluding hydrogens is 152 g/mol. The summed E-state index contributed by atoms with van der Waals surface area (Å²) in [6.45, 7) is 8.90. The smallest absolute Gasteiger partial charge is 0.0980 e. The second kappa shape index (κ2) is 6.44. The van der Waals surface area contributed by atoms with Crippen LogP contribution in [-0.4, -0.2) is 12.2 Å². The van der Waals surface area contributed by atoms with Crippen molar-refractivity contribution in [3.05, 3.63) is 0 Å². The average Bonchev–Trinajstić information content (AvgIpc) is 2.01. The molecule has 0 heterocycles. The quantitative estimate of drug-likeness (QED) is 0.335. The van der Waals surface area contributed by atoms with Crippen LogP contribution in [0.2, 0.25) is 0 Å². The van der Waals surface area contributed by atoms with Gasteiger partial charge in [0.25, 0.3) is 0 Å². The first kappa shape index (κ1) is 11.9. The van der Waals surface area contributed by atoms with Crippen molar-refractivity contribution in [1.82, 2.24) is 0 Å². The van der Waals surface area contributed by atoms with Crippen LogP contribution in [0, 0.1) is 0 Å². The van der Waals surface area contributed by atoms with Gasteiger partial charge >= 0.3 is 0 Å². The Hall–Kier alpha value is -0.0800. The maximum Gasteiger partial charge on any atom is 0.0980 e. The zero-order valence-corrected chi connectivity index (χ0v) is 8.85. The van der Waals surface area contributed by atoms with Crippen LogP contribution >= 0.6 is 0 Å². The summed E-state index contributed by atoms with van der Waals surface area (Å²) in [7, 11) is 0. The van der Waals surface area contributed by atoms with E-state index < -0.39 is 0 Å². The monoisotopic (exact) mass is 174 g/mol. The maximum absolute atomic E-state index is 5.23. The van der Waals surface area contributed by atoms with E-state index in [2.05, 4.69) is 20.8 Å². The third kappa shape index (κ3) is 6.62. The van der Waals surface area contributed by atoms with E-state index in [9.17, 15) is 0 Å². The Morgan fingerprint density at radius 2 is 1.75 bits per heavy atom. The average molecular weight is 174 g/mol. The van der Waals surface area contributed by atoms with Crippen molar-refractivity contribution < 1.29 is 9.78 Å². The fraction of sp³-hybridized carbons (Fsp3) is 1.00. The Balaban J connectivity index is 3.42. The highest BCUT2D eigenvalue weighted by molar-refractivity contribution is 4.65. The number of rotatable bonds is 7. The van der Waals surface area contributed by atoms with E-state index >= 15 is 0 Å². The van der Waals surface area contributed by atoms with E-state index in [0.29, 0.717) is 6.61 Å². The lowest BCUT2D eigenvalue weighted by Crippen LogP contribution is -2.24. The fourth-order valence-electron chi connectivity index (χ4n) is 1.06. The highest BCUT2D eigenvalue weighted by Gasteiger charge is 2.18. The molecule has 0 fully saturated rings. The van der Waals surface area contributed by atoms with Gasteiger partial charge < -0.3 is 0 Å². The molecule has 74 valence electrons. The molecule has 0 amide bonds. The van der Waals surface area contributed by atoms with Gasteiger partial charge in [-0.2, -0.15) is 0 Å². The SMILES string of the molecule is CCCCCC(C)(C)OOCC. The van der Waals surface area contributed by atoms with Gasteiger partial charge in [-0.05, 0) is 27.2 Å². The van der Waals surface area contributed by atoms with Crippen LogP contribution in [-0.2, 0) is 9.78 Å². The topological polar surface area (TPSA) is 18.5 Å². The second-order valence-corrected chi connectivity index (χ2v) is 3.71. The first-order valence-electron chi connectivity index (χ1n) is 4.93. The molecule has 0 aliphatic rings. The Bertz CT molecular complexity index is 100. The summed E-state index contributed by atoms with van der Waals surface area (Å²) in [5.74, 6) is 0. The van der Waals surface area contributed by atoms with Gasteiger partial charge in [0.05, 0.1) is 12.2 Å². The van der Waals surface area contributed by atoms with Crippen LogP contribution in [0.25, 0.3) is 0 Å². The van der Waals surface area contributed by atoms with E-state index in [0.717, 1.165) is 6.42 Å². The normalized spacial score (nSPS) is 12.0. The molecule has 0 unspecified atom stereocenters. The van der Waals surface area contributed by atoms with Crippen LogP contribution in [0.5, 0.6) is 0 Å². The Morgan fingerprint density at radius 3 is 2.25 bits per heavy atom. The fourth-order valence-corrected chi connectivity index (χ4v) is 1.06. The third-order valence-electron chi connectivity index (χ3n) is 1.78. The predicted molar refractivity (Wildman–Crippen MR) is 50.9 cm³/mol. The van der Waals surface area contributed by atoms with Gasteiger partial charge in [-0.3, -0.25) is 0 Å². The first-order valence-corrected chi connectivity index (χ1v) is 4.93. The highest BCUT2D eigenvalue weighted by Crippen LogP contribution is 2.18. The van der Waals surface area contributed by atoms with Crippen LogP contribution in [0.1, 0.15) is 53.4 Å². The van der Waals surface area contributed by atoms with Gasteiger partial charge in [-0.1, -0.05) is 26.2 Å². The number of hydrogen-bond acceptors (Lipinski definition) is 2. The summed E-state index contributed by atoms with van der Waals surface area (Å²) >= 11 is 0. The van der Waals surface area contributed by atoms with Crippen molar-refractivity contribution in [2.24, 2.45) is 0 Å². The number of unbranched alkanes of at least 4 members (excludes halogenated alkanes) is 2. The predicted octanol–water partition coefficient (Wildman–Crippen LogP) is 3.31. The molecule has 12 heavy (non-hydrogen) atoms. The Labute approximate surface area is 76.2 Å². The molecule has 0 radical (unpaired) electrons. The van der Waals surface area contributed by atoms with Crippen molar-refractivity contribution in [2.75, 3.05) is 6.61 Å². The maximum atomic E-state index is 5.23. The van der Waals surface area contributed by atoms with Gasteiger partial charge in [0.2, 0.25) is 0 Å². The molecule has 0 spiro atoms. The largest absolute Gasteiger partial charge is 0.236 e. The summed E-state index contributed by atoms with van der Waals surface area (Å²) in [6, 6.07) is 0.